The molecule has 1 amide bonds. The highest BCUT2D eigenvalue weighted by molar-refractivity contribution is 6.48. The van der Waals surface area contributed by atoms with Crippen LogP contribution in [-0.4, -0.2) is 40.2 Å². The second-order valence-corrected chi connectivity index (χ2v) is 5.00. The van der Waals surface area contributed by atoms with Gasteiger partial charge in [-0.2, -0.15) is 0 Å². The van der Waals surface area contributed by atoms with E-state index in [0.717, 1.165) is 0 Å². The molecular formula is C9H15Cl3N2O4. The molecule has 4 N–H and O–H groups in total. The monoisotopic (exact) mass is 320 g/mol. The van der Waals surface area contributed by atoms with Crippen molar-refractivity contribution in [1.82, 2.24) is 5.32 Å². The molecule has 6 nitrogen and oxygen atoms in total. The molecule has 2 unspecified atom stereocenters. The molecule has 0 radical (unpaired) electrons. The third-order valence-corrected chi connectivity index (χ3v) is 3.01. The molecule has 0 saturated heterocycles. The number of hydrogen-bond donors (Lipinski definition) is 3. The first kappa shape index (κ1) is 17.6. The van der Waals surface area contributed by atoms with Gasteiger partial charge in [0.1, 0.15) is 6.04 Å². The first-order valence-electron chi connectivity index (χ1n) is 5.20. The van der Waals surface area contributed by atoms with E-state index in [1.54, 1.807) is 0 Å². The summed E-state index contributed by atoms with van der Waals surface area (Å²) in [6, 6.07) is -1.06. The molecule has 106 valence electrons. The summed E-state index contributed by atoms with van der Waals surface area (Å²) in [6.07, 6.45) is 0.511. The molecule has 0 rings (SSSR count). The number of ether oxygens (including phenoxy) is 1. The molecule has 0 aromatic heterocycles. The molecule has 2 atom stereocenters. The molecule has 18 heavy (non-hydrogen) atoms. The molecule has 0 aliphatic rings. The quantitative estimate of drug-likeness (QED) is 0.466. The van der Waals surface area contributed by atoms with Crippen LogP contribution in [0.5, 0.6) is 0 Å². The molecule has 9 heteroatoms. The van der Waals surface area contributed by atoms with Crippen molar-refractivity contribution < 1.29 is 19.4 Å². The van der Waals surface area contributed by atoms with E-state index in [2.05, 4.69) is 10.1 Å². The highest BCUT2D eigenvalue weighted by atomic mass is 35.5. The summed E-state index contributed by atoms with van der Waals surface area (Å²) in [5.41, 5.74) is 4.04. The number of rotatable bonds is 8. The number of carbonyl (C=O) groups excluding carboxylic acids is 1. The summed E-state index contributed by atoms with van der Waals surface area (Å²) < 4.78 is 4.56. The number of amides is 1. The van der Waals surface area contributed by atoms with Crippen molar-refractivity contribution in [3.8, 4) is 0 Å². The second kappa shape index (κ2) is 9.49. The van der Waals surface area contributed by atoms with E-state index in [4.69, 9.17) is 45.6 Å². The lowest BCUT2D eigenvalue weighted by atomic mass is 10.1. The van der Waals surface area contributed by atoms with Crippen molar-refractivity contribution in [3.63, 3.8) is 0 Å². The van der Waals surface area contributed by atoms with Crippen LogP contribution in [0, 0.1) is 0 Å². The van der Waals surface area contributed by atoms with Gasteiger partial charge in [-0.25, -0.2) is 9.59 Å². The van der Waals surface area contributed by atoms with Gasteiger partial charge in [-0.3, -0.25) is 0 Å². The van der Waals surface area contributed by atoms with Crippen molar-refractivity contribution in [2.45, 2.75) is 35.7 Å². The van der Waals surface area contributed by atoms with Crippen molar-refractivity contribution in [2.24, 2.45) is 5.73 Å². The standard InChI is InChI=1S/C9H15Cl3N2O4/c10-6(11)7(12)18-9(17)14-5(8(15)16)3-1-2-4-13/h5-7H,1-4,13H2,(H,14,17)(H,15,16). The molecule has 0 aromatic carbocycles. The Labute approximate surface area is 120 Å². The van der Waals surface area contributed by atoms with Crippen molar-refractivity contribution in [3.05, 3.63) is 0 Å². The smallest absolute Gasteiger partial charge is 0.409 e. The van der Waals surface area contributed by atoms with Crippen LogP contribution in [0.15, 0.2) is 0 Å². The number of hydrogen-bond acceptors (Lipinski definition) is 4. The summed E-state index contributed by atoms with van der Waals surface area (Å²) in [4.78, 5) is 21.0. The fourth-order valence-corrected chi connectivity index (χ4v) is 1.26. The van der Waals surface area contributed by atoms with E-state index in [-0.39, 0.29) is 6.42 Å². The number of nitrogens with two attached hydrogens (primary N) is 1. The summed E-state index contributed by atoms with van der Waals surface area (Å²) in [7, 11) is 0. The van der Waals surface area contributed by atoms with E-state index in [9.17, 15) is 9.59 Å². The number of unbranched alkanes of at least 4 members (excludes halogenated alkanes) is 1. The first-order valence-corrected chi connectivity index (χ1v) is 6.51. The summed E-state index contributed by atoms with van der Waals surface area (Å²) >= 11 is 16.2. The topological polar surface area (TPSA) is 102 Å². The molecule has 0 fully saturated rings. The molecule has 0 aliphatic heterocycles. The van der Waals surface area contributed by atoms with Gasteiger partial charge in [-0.15, -0.1) is 0 Å². The van der Waals surface area contributed by atoms with Gasteiger partial charge in [-0.1, -0.05) is 34.8 Å². The predicted octanol–water partition coefficient (Wildman–Crippen LogP) is 1.66. The Hall–Kier alpha value is -0.430. The fraction of sp³-hybridized carbons (Fsp3) is 0.778. The molecule has 0 spiro atoms. The Morgan fingerprint density at radius 1 is 1.28 bits per heavy atom. The highest BCUT2D eigenvalue weighted by Crippen LogP contribution is 2.15. The Morgan fingerprint density at radius 3 is 2.33 bits per heavy atom. The van der Waals surface area contributed by atoms with Gasteiger partial charge in [0.2, 0.25) is 5.56 Å². The number of alkyl halides is 3. The molecule has 0 aromatic rings. The minimum Gasteiger partial charge on any atom is -0.480 e. The minimum atomic E-state index is -1.24. The summed E-state index contributed by atoms with van der Waals surface area (Å²) in [5.74, 6) is -1.16. The van der Waals surface area contributed by atoms with Crippen molar-refractivity contribution in [2.75, 3.05) is 6.54 Å². The third kappa shape index (κ3) is 7.81. The van der Waals surface area contributed by atoms with Crippen LogP contribution in [0.25, 0.3) is 0 Å². The van der Waals surface area contributed by atoms with Crippen LogP contribution in [0.3, 0.4) is 0 Å². The third-order valence-electron chi connectivity index (χ3n) is 1.95. The van der Waals surface area contributed by atoms with E-state index in [0.29, 0.717) is 19.4 Å². The maximum Gasteiger partial charge on any atom is 0.409 e. The molecular weight excluding hydrogens is 306 g/mol. The molecule has 0 bridgehead atoms. The van der Waals surface area contributed by atoms with E-state index in [1.165, 1.54) is 0 Å². The Balaban J connectivity index is 4.15. The van der Waals surface area contributed by atoms with Crippen LogP contribution >= 0.6 is 34.8 Å². The lowest BCUT2D eigenvalue weighted by Gasteiger charge is -2.16. The molecule has 0 aliphatic carbocycles. The van der Waals surface area contributed by atoms with Crippen LogP contribution in [0.4, 0.5) is 4.79 Å². The minimum absolute atomic E-state index is 0.250. The Morgan fingerprint density at radius 2 is 1.89 bits per heavy atom. The summed E-state index contributed by atoms with van der Waals surface area (Å²) in [6.45, 7) is 0.459. The number of carboxylic acids is 1. The molecule has 0 saturated carbocycles. The lowest BCUT2D eigenvalue weighted by molar-refractivity contribution is -0.139. The first-order chi connectivity index (χ1) is 8.38. The number of alkyl carbamates (subject to hydrolysis) is 1. The Kier molecular flexibility index (Phi) is 9.27. The average Bonchev–Trinajstić information content (AvgIpc) is 2.27. The highest BCUT2D eigenvalue weighted by Gasteiger charge is 2.23. The SMILES string of the molecule is NCCCCC(NC(=O)OC(Cl)C(Cl)Cl)C(=O)O. The van der Waals surface area contributed by atoms with E-state index < -0.39 is 28.5 Å². The fourth-order valence-electron chi connectivity index (χ4n) is 1.08. The molecule has 0 heterocycles. The number of halogens is 3. The van der Waals surface area contributed by atoms with Gasteiger partial charge in [-0.05, 0) is 25.8 Å². The maximum atomic E-state index is 11.3. The van der Waals surface area contributed by atoms with Crippen LogP contribution in [0.2, 0.25) is 0 Å². The lowest BCUT2D eigenvalue weighted by Crippen LogP contribution is -2.42. The van der Waals surface area contributed by atoms with Crippen molar-refractivity contribution in [1.29, 1.82) is 0 Å². The van der Waals surface area contributed by atoms with Crippen LogP contribution < -0.4 is 11.1 Å². The van der Waals surface area contributed by atoms with Crippen LogP contribution in [-0.2, 0) is 9.53 Å². The van der Waals surface area contributed by atoms with Crippen LogP contribution in [0.1, 0.15) is 19.3 Å². The second-order valence-electron chi connectivity index (χ2n) is 3.41. The Bertz CT molecular complexity index is 279. The number of nitrogens with one attached hydrogen (secondary N) is 1. The summed E-state index contributed by atoms with van der Waals surface area (Å²) in [5, 5.41) is 11.0. The van der Waals surface area contributed by atoms with Gasteiger partial charge in [0, 0.05) is 0 Å². The van der Waals surface area contributed by atoms with Gasteiger partial charge in [0.15, 0.2) is 4.84 Å². The number of aliphatic carboxylic acids is 1. The van der Waals surface area contributed by atoms with E-state index >= 15 is 0 Å². The van der Waals surface area contributed by atoms with Gasteiger partial charge in [0.05, 0.1) is 0 Å². The normalized spacial score (nSPS) is 14.1. The van der Waals surface area contributed by atoms with Gasteiger partial charge < -0.3 is 20.9 Å². The average molecular weight is 322 g/mol. The van der Waals surface area contributed by atoms with E-state index in [1.807, 2.05) is 0 Å². The number of carbonyl (C=O) groups is 2. The zero-order valence-corrected chi connectivity index (χ0v) is 11.7. The number of carboxylic acid groups (broad SMARTS) is 1. The zero-order chi connectivity index (χ0) is 14.1. The zero-order valence-electron chi connectivity index (χ0n) is 9.44. The van der Waals surface area contributed by atoms with Crippen molar-refractivity contribution >= 4 is 46.9 Å². The van der Waals surface area contributed by atoms with Gasteiger partial charge in [0.25, 0.3) is 0 Å². The van der Waals surface area contributed by atoms with Gasteiger partial charge >= 0.3 is 12.1 Å². The predicted molar refractivity (Wildman–Crippen MR) is 69.1 cm³/mol. The maximum absolute atomic E-state index is 11.3. The largest absolute Gasteiger partial charge is 0.480 e.